The Labute approximate surface area is 124 Å². The topological polar surface area (TPSA) is 26.3 Å². The first-order valence-corrected chi connectivity index (χ1v) is 6.91. The molecule has 0 fully saturated rings. The van der Waals surface area contributed by atoms with Gasteiger partial charge in [0, 0.05) is 10.9 Å². The van der Waals surface area contributed by atoms with Gasteiger partial charge in [-0.05, 0) is 18.4 Å². The molecule has 2 heteroatoms. The van der Waals surface area contributed by atoms with Crippen molar-refractivity contribution in [1.82, 2.24) is 0 Å². The first-order chi connectivity index (χ1) is 10.2. The van der Waals surface area contributed by atoms with Crippen LogP contribution < -0.4 is 4.74 Å². The number of carbonyl (C=O) groups excluding carboxylic acids is 1. The number of benzene rings is 3. The molecule has 0 amide bonds. The van der Waals surface area contributed by atoms with E-state index in [1.807, 2.05) is 72.8 Å². The minimum atomic E-state index is -0.995. The Morgan fingerprint density at radius 3 is 2.29 bits per heavy atom. The molecule has 2 nitrogen and oxygen atoms in total. The van der Waals surface area contributed by atoms with E-state index < -0.39 is 5.60 Å². The van der Waals surface area contributed by atoms with E-state index in [1.165, 1.54) is 0 Å². The van der Waals surface area contributed by atoms with Crippen molar-refractivity contribution in [2.24, 2.45) is 0 Å². The molecule has 0 aliphatic carbocycles. The van der Waals surface area contributed by atoms with Crippen molar-refractivity contribution in [3.63, 3.8) is 0 Å². The van der Waals surface area contributed by atoms with Crippen molar-refractivity contribution in [3.8, 4) is 5.75 Å². The SMILES string of the molecule is CC(C=O)(Oc1cccc2ccccc12)c1ccccc1. The van der Waals surface area contributed by atoms with Gasteiger partial charge in [-0.25, -0.2) is 0 Å². The molecule has 3 rings (SSSR count). The first-order valence-electron chi connectivity index (χ1n) is 6.91. The minimum Gasteiger partial charge on any atom is -0.475 e. The molecule has 3 aromatic rings. The highest BCUT2D eigenvalue weighted by Gasteiger charge is 2.28. The maximum absolute atomic E-state index is 11.6. The highest BCUT2D eigenvalue weighted by Crippen LogP contribution is 2.31. The Kier molecular flexibility index (Phi) is 3.44. The molecule has 0 heterocycles. The zero-order chi connectivity index (χ0) is 14.7. The van der Waals surface area contributed by atoms with Gasteiger partial charge >= 0.3 is 0 Å². The number of carbonyl (C=O) groups is 1. The van der Waals surface area contributed by atoms with Crippen LogP contribution >= 0.6 is 0 Å². The number of hydrogen-bond acceptors (Lipinski definition) is 2. The molecule has 3 aromatic carbocycles. The van der Waals surface area contributed by atoms with Crippen molar-refractivity contribution in [1.29, 1.82) is 0 Å². The van der Waals surface area contributed by atoms with E-state index in [-0.39, 0.29) is 0 Å². The molecule has 0 saturated heterocycles. The van der Waals surface area contributed by atoms with Gasteiger partial charge in [-0.1, -0.05) is 66.7 Å². The monoisotopic (exact) mass is 276 g/mol. The molecule has 104 valence electrons. The summed E-state index contributed by atoms with van der Waals surface area (Å²) in [5.41, 5.74) is -0.154. The van der Waals surface area contributed by atoms with Crippen LogP contribution in [0.1, 0.15) is 12.5 Å². The van der Waals surface area contributed by atoms with Gasteiger partial charge in [0.05, 0.1) is 0 Å². The van der Waals surface area contributed by atoms with Gasteiger partial charge < -0.3 is 4.74 Å². The van der Waals surface area contributed by atoms with Crippen LogP contribution in [0.3, 0.4) is 0 Å². The van der Waals surface area contributed by atoms with Crippen molar-refractivity contribution in [2.45, 2.75) is 12.5 Å². The lowest BCUT2D eigenvalue weighted by Gasteiger charge is -2.26. The van der Waals surface area contributed by atoms with E-state index in [0.717, 1.165) is 22.6 Å². The van der Waals surface area contributed by atoms with Crippen LogP contribution in [-0.4, -0.2) is 6.29 Å². The Morgan fingerprint density at radius 2 is 1.52 bits per heavy atom. The average Bonchev–Trinajstić information content (AvgIpc) is 2.56. The summed E-state index contributed by atoms with van der Waals surface area (Å²) in [6.07, 6.45) is 0.851. The van der Waals surface area contributed by atoms with E-state index in [0.29, 0.717) is 5.75 Å². The molecule has 0 aromatic heterocycles. The molecule has 0 aliphatic rings. The summed E-state index contributed by atoms with van der Waals surface area (Å²) in [5.74, 6) is 0.714. The maximum Gasteiger partial charge on any atom is 0.186 e. The smallest absolute Gasteiger partial charge is 0.186 e. The second-order valence-corrected chi connectivity index (χ2v) is 5.17. The van der Waals surface area contributed by atoms with E-state index >= 15 is 0 Å². The summed E-state index contributed by atoms with van der Waals surface area (Å²) >= 11 is 0. The molecule has 0 radical (unpaired) electrons. The lowest BCUT2D eigenvalue weighted by atomic mass is 9.97. The molecule has 1 unspecified atom stereocenters. The van der Waals surface area contributed by atoms with Crippen LogP contribution in [0.5, 0.6) is 5.75 Å². The van der Waals surface area contributed by atoms with E-state index in [1.54, 1.807) is 6.92 Å². The van der Waals surface area contributed by atoms with Crippen LogP contribution in [-0.2, 0) is 10.4 Å². The minimum absolute atomic E-state index is 0.714. The second-order valence-electron chi connectivity index (χ2n) is 5.17. The molecule has 0 spiro atoms. The van der Waals surface area contributed by atoms with Crippen LogP contribution in [0.4, 0.5) is 0 Å². The predicted octanol–water partition coefficient (Wildman–Crippen LogP) is 4.33. The summed E-state index contributed by atoms with van der Waals surface area (Å²) in [6.45, 7) is 1.79. The molecular weight excluding hydrogens is 260 g/mol. The van der Waals surface area contributed by atoms with E-state index in [9.17, 15) is 4.79 Å². The molecule has 0 saturated carbocycles. The van der Waals surface area contributed by atoms with Gasteiger partial charge in [0.1, 0.15) is 5.75 Å². The zero-order valence-corrected chi connectivity index (χ0v) is 11.8. The van der Waals surface area contributed by atoms with Crippen molar-refractivity contribution < 1.29 is 9.53 Å². The highest BCUT2D eigenvalue weighted by atomic mass is 16.5. The van der Waals surface area contributed by atoms with Crippen LogP contribution in [0.15, 0.2) is 72.8 Å². The fraction of sp³-hybridized carbons (Fsp3) is 0.105. The Hall–Kier alpha value is -2.61. The summed E-state index contributed by atoms with van der Waals surface area (Å²) < 4.78 is 6.08. The van der Waals surface area contributed by atoms with Crippen LogP contribution in [0.25, 0.3) is 10.8 Å². The normalized spacial score (nSPS) is 13.6. The van der Waals surface area contributed by atoms with Gasteiger partial charge in [-0.15, -0.1) is 0 Å². The summed E-state index contributed by atoms with van der Waals surface area (Å²) in [6, 6.07) is 23.4. The third-order valence-electron chi connectivity index (χ3n) is 3.64. The molecule has 21 heavy (non-hydrogen) atoms. The Balaban J connectivity index is 2.06. The molecular formula is C19H16O2. The van der Waals surface area contributed by atoms with Crippen molar-refractivity contribution in [2.75, 3.05) is 0 Å². The second kappa shape index (κ2) is 5.41. The van der Waals surface area contributed by atoms with Gasteiger partial charge in [0.15, 0.2) is 11.9 Å². The Bertz CT molecular complexity index is 759. The number of aldehydes is 1. The first kappa shape index (κ1) is 13.4. The van der Waals surface area contributed by atoms with Crippen LogP contribution in [0.2, 0.25) is 0 Å². The molecule has 1 atom stereocenters. The highest BCUT2D eigenvalue weighted by molar-refractivity contribution is 5.88. The predicted molar refractivity (Wildman–Crippen MR) is 84.4 cm³/mol. The molecule has 0 bridgehead atoms. The molecule has 0 N–H and O–H groups in total. The van der Waals surface area contributed by atoms with Gasteiger partial charge in [-0.3, -0.25) is 4.79 Å². The quantitative estimate of drug-likeness (QED) is 0.663. The van der Waals surface area contributed by atoms with Crippen LogP contribution in [0, 0.1) is 0 Å². The van der Waals surface area contributed by atoms with Gasteiger partial charge in [0.25, 0.3) is 0 Å². The standard InChI is InChI=1S/C19H16O2/c1-19(14-20,16-10-3-2-4-11-16)21-18-13-7-9-15-8-5-6-12-17(15)18/h2-14H,1H3. The summed E-state index contributed by atoms with van der Waals surface area (Å²) in [4.78, 5) is 11.6. The number of ether oxygens (including phenoxy) is 1. The van der Waals surface area contributed by atoms with Gasteiger partial charge in [-0.2, -0.15) is 0 Å². The lowest BCUT2D eigenvalue weighted by Crippen LogP contribution is -2.31. The number of hydrogen-bond donors (Lipinski definition) is 0. The van der Waals surface area contributed by atoms with E-state index in [4.69, 9.17) is 4.74 Å². The fourth-order valence-corrected chi connectivity index (χ4v) is 2.43. The van der Waals surface area contributed by atoms with Crippen molar-refractivity contribution in [3.05, 3.63) is 78.4 Å². The fourth-order valence-electron chi connectivity index (χ4n) is 2.43. The van der Waals surface area contributed by atoms with E-state index in [2.05, 4.69) is 0 Å². The summed E-state index contributed by atoms with van der Waals surface area (Å²) in [7, 11) is 0. The number of fused-ring (bicyclic) bond motifs is 1. The van der Waals surface area contributed by atoms with Crippen molar-refractivity contribution >= 4 is 17.1 Å². The third-order valence-corrected chi connectivity index (χ3v) is 3.64. The summed E-state index contributed by atoms with van der Waals surface area (Å²) in [5, 5.41) is 2.10. The lowest BCUT2D eigenvalue weighted by molar-refractivity contribution is -0.120. The largest absolute Gasteiger partial charge is 0.475 e. The maximum atomic E-state index is 11.6. The molecule has 0 aliphatic heterocycles. The third kappa shape index (κ3) is 2.52. The Morgan fingerprint density at radius 1 is 0.857 bits per heavy atom. The average molecular weight is 276 g/mol. The number of rotatable bonds is 4. The zero-order valence-electron chi connectivity index (χ0n) is 11.8. The van der Waals surface area contributed by atoms with Gasteiger partial charge in [0.2, 0.25) is 0 Å².